The van der Waals surface area contributed by atoms with Gasteiger partial charge in [-0.1, -0.05) is 6.07 Å². The van der Waals surface area contributed by atoms with Crippen molar-refractivity contribution >= 4 is 0 Å². The third-order valence-electron chi connectivity index (χ3n) is 3.57. The number of ether oxygens (including phenoxy) is 1. The molecule has 0 spiro atoms. The van der Waals surface area contributed by atoms with E-state index in [-0.39, 0.29) is 12.0 Å². The van der Waals surface area contributed by atoms with E-state index in [1.54, 1.807) is 0 Å². The van der Waals surface area contributed by atoms with E-state index in [1.165, 1.54) is 6.07 Å². The first-order valence-corrected chi connectivity index (χ1v) is 6.34. The van der Waals surface area contributed by atoms with Crippen molar-refractivity contribution in [3.63, 3.8) is 0 Å². The van der Waals surface area contributed by atoms with E-state index in [0.29, 0.717) is 18.8 Å². The number of rotatable bonds is 3. The second-order valence-electron chi connectivity index (χ2n) is 4.83. The van der Waals surface area contributed by atoms with Crippen LogP contribution >= 0.6 is 0 Å². The van der Waals surface area contributed by atoms with Crippen LogP contribution < -0.4 is 11.3 Å². The highest BCUT2D eigenvalue weighted by atomic mass is 19.4. The van der Waals surface area contributed by atoms with Crippen LogP contribution in [0.15, 0.2) is 18.2 Å². The molecule has 1 aliphatic heterocycles. The monoisotopic (exact) mass is 292 g/mol. The lowest BCUT2D eigenvalue weighted by Crippen LogP contribution is -2.36. The summed E-state index contributed by atoms with van der Waals surface area (Å²) >= 11 is 0. The molecule has 0 bridgehead atoms. The Morgan fingerprint density at radius 3 is 2.40 bits per heavy atom. The maximum atomic E-state index is 13.6. The number of hydrogen-bond acceptors (Lipinski definition) is 3. The highest BCUT2D eigenvalue weighted by Gasteiger charge is 2.34. The van der Waals surface area contributed by atoms with Gasteiger partial charge in [-0.25, -0.2) is 4.39 Å². The summed E-state index contributed by atoms with van der Waals surface area (Å²) in [6.45, 7) is 1.15. The zero-order chi connectivity index (χ0) is 14.8. The minimum Gasteiger partial charge on any atom is -0.381 e. The third-order valence-corrected chi connectivity index (χ3v) is 3.57. The predicted octanol–water partition coefficient (Wildman–Crippen LogP) is 2.78. The average molecular weight is 292 g/mol. The number of hydrazine groups is 1. The molecule has 3 N–H and O–H groups in total. The van der Waals surface area contributed by atoms with Gasteiger partial charge in [-0.3, -0.25) is 11.3 Å². The van der Waals surface area contributed by atoms with Gasteiger partial charge >= 0.3 is 6.18 Å². The van der Waals surface area contributed by atoms with E-state index in [4.69, 9.17) is 10.6 Å². The lowest BCUT2D eigenvalue weighted by molar-refractivity contribution is -0.140. The molecule has 1 unspecified atom stereocenters. The molecular weight excluding hydrogens is 276 g/mol. The van der Waals surface area contributed by atoms with Crippen molar-refractivity contribution < 1.29 is 22.3 Å². The highest BCUT2D eigenvalue weighted by molar-refractivity contribution is 5.29. The van der Waals surface area contributed by atoms with Crippen molar-refractivity contribution in [3.8, 4) is 0 Å². The van der Waals surface area contributed by atoms with Gasteiger partial charge in [0.2, 0.25) is 0 Å². The summed E-state index contributed by atoms with van der Waals surface area (Å²) in [7, 11) is 0. The lowest BCUT2D eigenvalue weighted by atomic mass is 9.87. The Hall–Kier alpha value is -1.18. The van der Waals surface area contributed by atoms with E-state index in [9.17, 15) is 17.6 Å². The molecule has 1 atom stereocenters. The predicted molar refractivity (Wildman–Crippen MR) is 65.0 cm³/mol. The fraction of sp³-hybridized carbons (Fsp3) is 0.538. The number of benzene rings is 1. The molecule has 0 aliphatic carbocycles. The van der Waals surface area contributed by atoms with Gasteiger partial charge in [0.05, 0.1) is 5.56 Å². The van der Waals surface area contributed by atoms with E-state index in [0.717, 1.165) is 25.0 Å². The molecule has 112 valence electrons. The number of alkyl halides is 3. The molecule has 0 saturated carbocycles. The van der Waals surface area contributed by atoms with Gasteiger partial charge in [-0.15, -0.1) is 0 Å². The van der Waals surface area contributed by atoms with Crippen LogP contribution in [-0.4, -0.2) is 13.2 Å². The normalized spacial score (nSPS) is 19.1. The van der Waals surface area contributed by atoms with Gasteiger partial charge in [-0.05, 0) is 36.5 Å². The molecule has 1 aromatic rings. The maximum Gasteiger partial charge on any atom is 0.419 e. The summed E-state index contributed by atoms with van der Waals surface area (Å²) in [5.74, 6) is 4.31. The molecule has 7 heteroatoms. The molecule has 0 aromatic heterocycles. The average Bonchev–Trinajstić information content (AvgIpc) is 2.39. The second kappa shape index (κ2) is 6.07. The van der Waals surface area contributed by atoms with Crippen molar-refractivity contribution in [2.45, 2.75) is 25.1 Å². The third kappa shape index (κ3) is 3.28. The largest absolute Gasteiger partial charge is 0.419 e. The summed E-state index contributed by atoms with van der Waals surface area (Å²) in [6, 6.07) is 2.55. The molecule has 20 heavy (non-hydrogen) atoms. The maximum absolute atomic E-state index is 13.6. The zero-order valence-corrected chi connectivity index (χ0v) is 10.7. The molecule has 0 radical (unpaired) electrons. The van der Waals surface area contributed by atoms with Gasteiger partial charge in [0.25, 0.3) is 0 Å². The van der Waals surface area contributed by atoms with Crippen LogP contribution in [0.4, 0.5) is 17.6 Å². The quantitative estimate of drug-likeness (QED) is 0.511. The van der Waals surface area contributed by atoms with Crippen molar-refractivity contribution in [3.05, 3.63) is 35.1 Å². The Morgan fingerprint density at radius 1 is 1.25 bits per heavy atom. The lowest BCUT2D eigenvalue weighted by Gasteiger charge is -2.30. The van der Waals surface area contributed by atoms with Crippen LogP contribution in [0.1, 0.15) is 30.0 Å². The minimum atomic E-state index is -4.69. The molecular formula is C13H16F4N2O. The molecule has 0 amide bonds. The van der Waals surface area contributed by atoms with Crippen molar-refractivity contribution in [1.82, 2.24) is 5.43 Å². The summed E-state index contributed by atoms with van der Waals surface area (Å²) < 4.78 is 56.4. The number of nitrogens with one attached hydrogen (secondary N) is 1. The number of hydrogen-bond donors (Lipinski definition) is 2. The Bertz CT molecular complexity index is 458. The first-order valence-electron chi connectivity index (χ1n) is 6.34. The van der Waals surface area contributed by atoms with Crippen molar-refractivity contribution in [1.29, 1.82) is 0 Å². The van der Waals surface area contributed by atoms with Crippen molar-refractivity contribution in [2.24, 2.45) is 11.8 Å². The topological polar surface area (TPSA) is 47.3 Å². The Morgan fingerprint density at radius 2 is 1.90 bits per heavy atom. The molecule has 1 saturated heterocycles. The van der Waals surface area contributed by atoms with Crippen LogP contribution in [0.3, 0.4) is 0 Å². The van der Waals surface area contributed by atoms with E-state index >= 15 is 0 Å². The van der Waals surface area contributed by atoms with Crippen LogP contribution in [0, 0.1) is 11.7 Å². The smallest absolute Gasteiger partial charge is 0.381 e. The Labute approximate surface area is 114 Å². The van der Waals surface area contributed by atoms with Crippen LogP contribution in [0.2, 0.25) is 0 Å². The van der Waals surface area contributed by atoms with Crippen LogP contribution in [-0.2, 0) is 10.9 Å². The zero-order valence-electron chi connectivity index (χ0n) is 10.7. The molecule has 2 rings (SSSR count). The summed E-state index contributed by atoms with van der Waals surface area (Å²) in [5.41, 5.74) is 1.73. The van der Waals surface area contributed by atoms with Crippen molar-refractivity contribution in [2.75, 3.05) is 13.2 Å². The summed E-state index contributed by atoms with van der Waals surface area (Å²) in [6.07, 6.45) is -3.22. The van der Waals surface area contributed by atoms with Gasteiger partial charge in [0.1, 0.15) is 5.82 Å². The molecule has 1 aliphatic rings. The van der Waals surface area contributed by atoms with E-state index in [2.05, 4.69) is 5.43 Å². The SMILES string of the molecule is NNC(c1ccc(C(F)(F)F)c(F)c1)C1CCOCC1. The Balaban J connectivity index is 2.24. The van der Waals surface area contributed by atoms with Crippen LogP contribution in [0.25, 0.3) is 0 Å². The number of nitrogens with two attached hydrogens (primary N) is 1. The minimum absolute atomic E-state index is 0.116. The first kappa shape index (κ1) is 15.2. The second-order valence-corrected chi connectivity index (χ2v) is 4.83. The number of halogens is 4. The fourth-order valence-electron chi connectivity index (χ4n) is 2.51. The standard InChI is InChI=1S/C13H16F4N2O/c14-11-7-9(1-2-10(11)13(15,16)17)12(19-18)8-3-5-20-6-4-8/h1-2,7-8,12,19H,3-6,18H2. The molecule has 3 nitrogen and oxygen atoms in total. The summed E-state index contributed by atoms with van der Waals surface area (Å²) in [4.78, 5) is 0. The fourth-order valence-corrected chi connectivity index (χ4v) is 2.51. The molecule has 1 fully saturated rings. The first-order chi connectivity index (χ1) is 9.43. The van der Waals surface area contributed by atoms with Gasteiger partial charge < -0.3 is 4.74 Å². The Kier molecular flexibility index (Phi) is 4.62. The molecule has 1 heterocycles. The molecule has 1 aromatic carbocycles. The van der Waals surface area contributed by atoms with Gasteiger partial charge in [0, 0.05) is 19.3 Å². The van der Waals surface area contributed by atoms with E-state index in [1.807, 2.05) is 0 Å². The highest BCUT2D eigenvalue weighted by Crippen LogP contribution is 2.35. The van der Waals surface area contributed by atoms with Gasteiger partial charge in [0.15, 0.2) is 0 Å². The van der Waals surface area contributed by atoms with E-state index < -0.39 is 17.6 Å². The summed E-state index contributed by atoms with van der Waals surface area (Å²) in [5, 5.41) is 0. The van der Waals surface area contributed by atoms with Gasteiger partial charge in [-0.2, -0.15) is 13.2 Å². The van der Waals surface area contributed by atoms with Crippen LogP contribution in [0.5, 0.6) is 0 Å².